The molecular weight excluding hydrogens is 444 g/mol. The molecule has 0 radical (unpaired) electrons. The Morgan fingerprint density at radius 1 is 1.00 bits per heavy atom. The third-order valence-corrected chi connectivity index (χ3v) is 6.54. The Balaban J connectivity index is 1.64. The van der Waals surface area contributed by atoms with Crippen molar-refractivity contribution in [2.75, 3.05) is 46.9 Å². The van der Waals surface area contributed by atoms with Crippen molar-refractivity contribution in [2.24, 2.45) is 5.92 Å². The van der Waals surface area contributed by atoms with Gasteiger partial charge in [-0.25, -0.2) is 4.79 Å². The predicted molar refractivity (Wildman–Crippen MR) is 135 cm³/mol. The fourth-order valence-electron chi connectivity index (χ4n) is 4.40. The van der Waals surface area contributed by atoms with Crippen molar-refractivity contribution in [1.29, 1.82) is 0 Å². The molecule has 1 aliphatic rings. The van der Waals surface area contributed by atoms with E-state index in [1.807, 2.05) is 42.2 Å². The van der Waals surface area contributed by atoms with Crippen LogP contribution in [0, 0.1) is 5.92 Å². The summed E-state index contributed by atoms with van der Waals surface area (Å²) in [5.41, 5.74) is 2.54. The number of nitrogens with zero attached hydrogens (tertiary/aromatic N) is 2. The molecule has 0 aromatic heterocycles. The standard InChI is InChI=1S/C28H38N2O5/c1-5-7-21(2)27(31)30-16-14-29(15-17-30)19-26(24-8-6-9-25(18-24)33-3)35-20-22-10-12-23(13-11-22)28(32)34-4/h6,8-13,18,21,26H,5,7,14-17,19-20H2,1-4H3/t21-,26-/m1/s1. The Morgan fingerprint density at radius 2 is 1.71 bits per heavy atom. The zero-order valence-electron chi connectivity index (χ0n) is 21.4. The van der Waals surface area contributed by atoms with E-state index in [9.17, 15) is 9.59 Å². The van der Waals surface area contributed by atoms with Gasteiger partial charge in [-0.05, 0) is 41.8 Å². The number of methoxy groups -OCH3 is 2. The number of esters is 1. The molecule has 0 aliphatic carbocycles. The van der Waals surface area contributed by atoms with E-state index in [1.165, 1.54) is 7.11 Å². The van der Waals surface area contributed by atoms with Crippen LogP contribution in [0.3, 0.4) is 0 Å². The summed E-state index contributed by atoms with van der Waals surface area (Å²) in [4.78, 5) is 28.8. The van der Waals surface area contributed by atoms with Crippen LogP contribution in [0.25, 0.3) is 0 Å². The topological polar surface area (TPSA) is 68.3 Å². The molecule has 2 aromatic rings. The maximum atomic E-state index is 12.7. The van der Waals surface area contributed by atoms with Crippen molar-refractivity contribution >= 4 is 11.9 Å². The minimum atomic E-state index is -0.353. The molecule has 7 heteroatoms. The molecule has 1 heterocycles. The maximum absolute atomic E-state index is 12.7. The molecule has 0 saturated carbocycles. The number of ether oxygens (including phenoxy) is 3. The van der Waals surface area contributed by atoms with E-state index in [0.29, 0.717) is 12.2 Å². The van der Waals surface area contributed by atoms with Gasteiger partial charge in [-0.2, -0.15) is 0 Å². The number of rotatable bonds is 11. The molecule has 35 heavy (non-hydrogen) atoms. The normalized spacial score (nSPS) is 15.9. The number of piperazine rings is 1. The van der Waals surface area contributed by atoms with Gasteiger partial charge in [-0.1, -0.05) is 44.5 Å². The quantitative estimate of drug-likeness (QED) is 0.445. The second kappa shape index (κ2) is 13.3. The molecule has 0 bridgehead atoms. The highest BCUT2D eigenvalue weighted by Gasteiger charge is 2.26. The van der Waals surface area contributed by atoms with E-state index in [-0.39, 0.29) is 23.9 Å². The number of benzene rings is 2. The lowest BCUT2D eigenvalue weighted by atomic mass is 10.0. The monoisotopic (exact) mass is 482 g/mol. The van der Waals surface area contributed by atoms with Gasteiger partial charge in [0.25, 0.3) is 0 Å². The molecule has 2 atom stereocenters. The van der Waals surface area contributed by atoms with Gasteiger partial charge in [0.2, 0.25) is 5.91 Å². The molecule has 190 valence electrons. The molecular formula is C28H38N2O5. The third-order valence-electron chi connectivity index (χ3n) is 6.54. The van der Waals surface area contributed by atoms with Crippen molar-refractivity contribution in [3.8, 4) is 5.75 Å². The summed E-state index contributed by atoms with van der Waals surface area (Å²) in [5, 5.41) is 0. The SMILES string of the molecule is CCC[C@@H](C)C(=O)N1CCN(C[C@@H](OCc2ccc(C(=O)OC)cc2)c2cccc(OC)c2)CC1. The Kier molecular flexibility index (Phi) is 10.1. The van der Waals surface area contributed by atoms with Gasteiger partial charge in [-0.3, -0.25) is 9.69 Å². The van der Waals surface area contributed by atoms with Gasteiger partial charge in [0.05, 0.1) is 32.5 Å². The molecule has 3 rings (SSSR count). The largest absolute Gasteiger partial charge is 0.497 e. The molecule has 0 N–H and O–H groups in total. The summed E-state index contributed by atoms with van der Waals surface area (Å²) in [6.07, 6.45) is 1.80. The van der Waals surface area contributed by atoms with Crippen LogP contribution in [-0.4, -0.2) is 68.6 Å². The van der Waals surface area contributed by atoms with Gasteiger partial charge in [-0.15, -0.1) is 0 Å². The van der Waals surface area contributed by atoms with E-state index in [0.717, 1.165) is 62.4 Å². The average molecular weight is 483 g/mol. The van der Waals surface area contributed by atoms with E-state index in [2.05, 4.69) is 17.9 Å². The minimum absolute atomic E-state index is 0.0880. The number of hydrogen-bond donors (Lipinski definition) is 0. The summed E-state index contributed by atoms with van der Waals surface area (Å²) < 4.78 is 16.6. The van der Waals surface area contributed by atoms with Crippen LogP contribution in [0.2, 0.25) is 0 Å². The van der Waals surface area contributed by atoms with Crippen LogP contribution in [0.5, 0.6) is 5.75 Å². The number of amides is 1. The Hall–Kier alpha value is -2.90. The van der Waals surface area contributed by atoms with Crippen LogP contribution in [0.4, 0.5) is 0 Å². The Bertz CT molecular complexity index is 954. The zero-order valence-corrected chi connectivity index (χ0v) is 21.4. The fraction of sp³-hybridized carbons (Fsp3) is 0.500. The molecule has 7 nitrogen and oxygen atoms in total. The van der Waals surface area contributed by atoms with E-state index < -0.39 is 0 Å². The van der Waals surface area contributed by atoms with Crippen LogP contribution in [0.15, 0.2) is 48.5 Å². The first-order chi connectivity index (χ1) is 16.9. The molecule has 1 amide bonds. The molecule has 0 unspecified atom stereocenters. The van der Waals surface area contributed by atoms with Crippen molar-refractivity contribution in [3.05, 3.63) is 65.2 Å². The predicted octanol–water partition coefficient (Wildman–Crippen LogP) is 4.32. The lowest BCUT2D eigenvalue weighted by molar-refractivity contribution is -0.137. The second-order valence-corrected chi connectivity index (χ2v) is 9.08. The Labute approximate surface area is 209 Å². The molecule has 1 saturated heterocycles. The van der Waals surface area contributed by atoms with Crippen molar-refractivity contribution < 1.29 is 23.8 Å². The summed E-state index contributed by atoms with van der Waals surface area (Å²) >= 11 is 0. The first-order valence-corrected chi connectivity index (χ1v) is 12.4. The first-order valence-electron chi connectivity index (χ1n) is 12.4. The fourth-order valence-corrected chi connectivity index (χ4v) is 4.40. The lowest BCUT2D eigenvalue weighted by Gasteiger charge is -2.37. The molecule has 1 aliphatic heterocycles. The Morgan fingerprint density at radius 3 is 2.34 bits per heavy atom. The summed E-state index contributed by atoms with van der Waals surface area (Å²) in [6, 6.07) is 15.2. The first kappa shape index (κ1) is 26.7. The minimum Gasteiger partial charge on any atom is -0.497 e. The second-order valence-electron chi connectivity index (χ2n) is 9.08. The summed E-state index contributed by atoms with van der Waals surface area (Å²) in [6.45, 7) is 8.41. The lowest BCUT2D eigenvalue weighted by Crippen LogP contribution is -2.50. The van der Waals surface area contributed by atoms with Crippen LogP contribution >= 0.6 is 0 Å². The van der Waals surface area contributed by atoms with Gasteiger partial charge in [0.1, 0.15) is 5.75 Å². The highest BCUT2D eigenvalue weighted by Crippen LogP contribution is 2.25. The highest BCUT2D eigenvalue weighted by molar-refractivity contribution is 5.89. The third kappa shape index (κ3) is 7.54. The van der Waals surface area contributed by atoms with E-state index in [4.69, 9.17) is 14.2 Å². The number of carbonyl (C=O) groups is 2. The summed E-state index contributed by atoms with van der Waals surface area (Å²) in [5.74, 6) is 0.791. The average Bonchev–Trinajstić information content (AvgIpc) is 2.91. The van der Waals surface area contributed by atoms with Gasteiger partial charge >= 0.3 is 5.97 Å². The smallest absolute Gasteiger partial charge is 0.337 e. The number of hydrogen-bond acceptors (Lipinski definition) is 6. The molecule has 1 fully saturated rings. The van der Waals surface area contributed by atoms with Gasteiger partial charge < -0.3 is 19.1 Å². The van der Waals surface area contributed by atoms with Crippen LogP contribution in [0.1, 0.15) is 54.3 Å². The number of carbonyl (C=O) groups excluding carboxylic acids is 2. The maximum Gasteiger partial charge on any atom is 0.337 e. The van der Waals surface area contributed by atoms with Gasteiger partial charge in [0, 0.05) is 38.6 Å². The molecule has 0 spiro atoms. The van der Waals surface area contributed by atoms with E-state index >= 15 is 0 Å². The van der Waals surface area contributed by atoms with E-state index in [1.54, 1.807) is 19.2 Å². The van der Waals surface area contributed by atoms with Crippen molar-refractivity contribution in [1.82, 2.24) is 9.80 Å². The zero-order chi connectivity index (χ0) is 25.2. The van der Waals surface area contributed by atoms with Crippen molar-refractivity contribution in [3.63, 3.8) is 0 Å². The summed E-state index contributed by atoms with van der Waals surface area (Å²) in [7, 11) is 3.03. The highest BCUT2D eigenvalue weighted by atomic mass is 16.5. The van der Waals surface area contributed by atoms with Crippen LogP contribution < -0.4 is 4.74 Å². The van der Waals surface area contributed by atoms with Crippen molar-refractivity contribution in [2.45, 2.75) is 39.4 Å². The van der Waals surface area contributed by atoms with Gasteiger partial charge in [0.15, 0.2) is 0 Å². The van der Waals surface area contributed by atoms with Crippen LogP contribution in [-0.2, 0) is 20.9 Å². The molecule has 2 aromatic carbocycles.